The normalized spacial score (nSPS) is 14.6. The van der Waals surface area contributed by atoms with Crippen LogP contribution in [-0.2, 0) is 0 Å². The smallest absolute Gasteiger partial charge is 0.231 e. The zero-order chi connectivity index (χ0) is 10.1. The molecule has 0 aliphatic carbocycles. The molecule has 1 heterocycles. The van der Waals surface area contributed by atoms with Crippen molar-refractivity contribution >= 4 is 24.0 Å². The topological polar surface area (TPSA) is 70.5 Å². The van der Waals surface area contributed by atoms with Crippen LogP contribution in [0.4, 0.5) is 0 Å². The second-order valence-corrected chi connectivity index (χ2v) is 3.48. The van der Waals surface area contributed by atoms with Crippen molar-refractivity contribution in [1.29, 1.82) is 0 Å². The van der Waals surface area contributed by atoms with Gasteiger partial charge in [-0.05, 0) is 11.6 Å². The van der Waals surface area contributed by atoms with E-state index >= 15 is 0 Å². The van der Waals surface area contributed by atoms with E-state index in [0.29, 0.717) is 23.1 Å². The van der Waals surface area contributed by atoms with E-state index in [0.717, 1.165) is 5.56 Å². The molecule has 0 aromatic heterocycles. The third kappa shape index (κ3) is 2.29. The molecule has 2 rings (SSSR count). The molecule has 4 nitrogen and oxygen atoms in total. The van der Waals surface area contributed by atoms with E-state index in [9.17, 15) is 0 Å². The lowest BCUT2D eigenvalue weighted by atomic mass is 10.1. The van der Waals surface area contributed by atoms with Gasteiger partial charge in [-0.2, -0.15) is 0 Å². The van der Waals surface area contributed by atoms with Crippen LogP contribution in [0.5, 0.6) is 11.5 Å². The van der Waals surface area contributed by atoms with Crippen LogP contribution in [0.25, 0.3) is 0 Å². The first-order valence-electron chi connectivity index (χ1n) is 4.27. The summed E-state index contributed by atoms with van der Waals surface area (Å²) in [5, 5.41) is 0.562. The molecule has 0 radical (unpaired) electrons. The van der Waals surface area contributed by atoms with Crippen molar-refractivity contribution in [3.63, 3.8) is 0 Å². The molecular weight excluding hydrogens is 239 g/mol. The fourth-order valence-electron chi connectivity index (χ4n) is 1.34. The van der Waals surface area contributed by atoms with Crippen LogP contribution in [0, 0.1) is 0 Å². The molecule has 1 aliphatic rings. The van der Waals surface area contributed by atoms with Gasteiger partial charge >= 0.3 is 0 Å². The minimum absolute atomic E-state index is 0. The molecule has 0 saturated heterocycles. The molecule has 6 heteroatoms. The standard InChI is InChI=1S/C9H11ClN2O2.ClH/c10-6-2-9-8(13-4-14-9)1-5(6)7(12)3-11;/h1-2,7H,3-4,11-12H2;1H/t7-;/m0./s1. The van der Waals surface area contributed by atoms with Crippen molar-refractivity contribution < 1.29 is 9.47 Å². The Morgan fingerprint density at radius 3 is 2.53 bits per heavy atom. The number of hydrogen-bond acceptors (Lipinski definition) is 4. The summed E-state index contributed by atoms with van der Waals surface area (Å²) in [5.74, 6) is 1.33. The SMILES string of the molecule is Cl.NC[C@H](N)c1cc2c(cc1Cl)OCO2. The average Bonchev–Trinajstić information content (AvgIpc) is 2.62. The molecule has 1 aromatic rings. The summed E-state index contributed by atoms with van der Waals surface area (Å²) < 4.78 is 10.4. The summed E-state index contributed by atoms with van der Waals surface area (Å²) in [6.45, 7) is 0.576. The molecule has 0 fully saturated rings. The summed E-state index contributed by atoms with van der Waals surface area (Å²) in [4.78, 5) is 0. The van der Waals surface area contributed by atoms with Gasteiger partial charge in [0.05, 0.1) is 0 Å². The van der Waals surface area contributed by atoms with E-state index in [2.05, 4.69) is 0 Å². The Bertz CT molecular complexity index is 360. The van der Waals surface area contributed by atoms with Gasteiger partial charge in [0, 0.05) is 23.7 Å². The predicted octanol–water partition coefficient (Wildman–Crippen LogP) is 1.45. The van der Waals surface area contributed by atoms with Gasteiger partial charge in [0.25, 0.3) is 0 Å². The molecule has 1 atom stereocenters. The first-order valence-corrected chi connectivity index (χ1v) is 4.65. The Hall–Kier alpha value is -0.680. The monoisotopic (exact) mass is 250 g/mol. The Morgan fingerprint density at radius 2 is 1.93 bits per heavy atom. The lowest BCUT2D eigenvalue weighted by Crippen LogP contribution is -2.21. The summed E-state index contributed by atoms with van der Waals surface area (Å²) >= 11 is 6.01. The second-order valence-electron chi connectivity index (χ2n) is 3.07. The van der Waals surface area contributed by atoms with Crippen LogP contribution in [0.1, 0.15) is 11.6 Å². The van der Waals surface area contributed by atoms with Gasteiger partial charge in [0.15, 0.2) is 11.5 Å². The third-order valence-electron chi connectivity index (χ3n) is 2.15. The molecule has 0 spiro atoms. The van der Waals surface area contributed by atoms with Gasteiger partial charge in [-0.1, -0.05) is 11.6 Å². The van der Waals surface area contributed by atoms with Crippen molar-refractivity contribution in [3.8, 4) is 11.5 Å². The van der Waals surface area contributed by atoms with Crippen LogP contribution in [0.2, 0.25) is 5.02 Å². The Kier molecular flexibility index (Phi) is 4.04. The van der Waals surface area contributed by atoms with Crippen molar-refractivity contribution in [2.45, 2.75) is 6.04 Å². The van der Waals surface area contributed by atoms with Gasteiger partial charge in [0.1, 0.15) is 0 Å². The first-order chi connectivity index (χ1) is 6.72. The van der Waals surface area contributed by atoms with E-state index in [1.807, 2.05) is 0 Å². The van der Waals surface area contributed by atoms with Crippen molar-refractivity contribution in [2.75, 3.05) is 13.3 Å². The highest BCUT2D eigenvalue weighted by Gasteiger charge is 2.18. The summed E-state index contributed by atoms with van der Waals surface area (Å²) in [6, 6.07) is 3.22. The van der Waals surface area contributed by atoms with Gasteiger partial charge in [0.2, 0.25) is 6.79 Å². The van der Waals surface area contributed by atoms with Crippen LogP contribution in [-0.4, -0.2) is 13.3 Å². The van der Waals surface area contributed by atoms with E-state index in [1.165, 1.54) is 0 Å². The number of fused-ring (bicyclic) bond motifs is 1. The van der Waals surface area contributed by atoms with E-state index < -0.39 is 0 Å². The molecule has 0 saturated carbocycles. The second kappa shape index (κ2) is 4.90. The lowest BCUT2D eigenvalue weighted by molar-refractivity contribution is 0.174. The number of benzene rings is 1. The molecular formula is C9H12Cl2N2O2. The Morgan fingerprint density at radius 1 is 1.33 bits per heavy atom. The number of hydrogen-bond donors (Lipinski definition) is 2. The Balaban J connectivity index is 0.00000112. The molecule has 4 N–H and O–H groups in total. The van der Waals surface area contributed by atoms with Crippen LogP contribution >= 0.6 is 24.0 Å². The highest BCUT2D eigenvalue weighted by Crippen LogP contribution is 2.38. The zero-order valence-electron chi connectivity index (χ0n) is 7.90. The van der Waals surface area contributed by atoms with Crippen molar-refractivity contribution in [2.24, 2.45) is 11.5 Å². The van der Waals surface area contributed by atoms with Gasteiger partial charge < -0.3 is 20.9 Å². The molecule has 15 heavy (non-hydrogen) atoms. The predicted molar refractivity (Wildman–Crippen MR) is 60.8 cm³/mol. The number of ether oxygens (including phenoxy) is 2. The zero-order valence-corrected chi connectivity index (χ0v) is 9.48. The van der Waals surface area contributed by atoms with E-state index in [1.54, 1.807) is 12.1 Å². The molecule has 1 aliphatic heterocycles. The average molecular weight is 251 g/mol. The van der Waals surface area contributed by atoms with Gasteiger partial charge in [-0.25, -0.2) is 0 Å². The summed E-state index contributed by atoms with van der Waals surface area (Å²) in [5.41, 5.74) is 12.0. The van der Waals surface area contributed by atoms with Gasteiger partial charge in [-0.3, -0.25) is 0 Å². The van der Waals surface area contributed by atoms with Crippen LogP contribution in [0.15, 0.2) is 12.1 Å². The molecule has 0 amide bonds. The maximum Gasteiger partial charge on any atom is 0.231 e. The highest BCUT2D eigenvalue weighted by atomic mass is 35.5. The minimum atomic E-state index is -0.267. The largest absolute Gasteiger partial charge is 0.454 e. The van der Waals surface area contributed by atoms with E-state index in [-0.39, 0.29) is 25.2 Å². The molecule has 1 aromatic carbocycles. The maximum atomic E-state index is 6.01. The fourth-order valence-corrected chi connectivity index (χ4v) is 1.64. The van der Waals surface area contributed by atoms with Gasteiger partial charge in [-0.15, -0.1) is 12.4 Å². The molecule has 0 bridgehead atoms. The number of nitrogens with two attached hydrogens (primary N) is 2. The summed E-state index contributed by atoms with van der Waals surface area (Å²) in [7, 11) is 0. The number of halogens is 2. The van der Waals surface area contributed by atoms with Crippen molar-refractivity contribution in [3.05, 3.63) is 22.7 Å². The van der Waals surface area contributed by atoms with Crippen molar-refractivity contribution in [1.82, 2.24) is 0 Å². The molecule has 84 valence electrons. The van der Waals surface area contributed by atoms with E-state index in [4.69, 9.17) is 32.5 Å². The maximum absolute atomic E-state index is 6.01. The van der Waals surface area contributed by atoms with Crippen LogP contribution < -0.4 is 20.9 Å². The minimum Gasteiger partial charge on any atom is -0.454 e. The molecule has 0 unspecified atom stereocenters. The Labute approximate surface area is 98.9 Å². The quantitative estimate of drug-likeness (QED) is 0.834. The summed E-state index contributed by atoms with van der Waals surface area (Å²) in [6.07, 6.45) is 0. The first kappa shape index (κ1) is 12.4. The number of rotatable bonds is 2. The lowest BCUT2D eigenvalue weighted by Gasteiger charge is -2.11. The third-order valence-corrected chi connectivity index (χ3v) is 2.47. The highest BCUT2D eigenvalue weighted by molar-refractivity contribution is 6.31. The van der Waals surface area contributed by atoms with Crippen LogP contribution in [0.3, 0.4) is 0 Å². The fraction of sp³-hybridized carbons (Fsp3) is 0.333.